The zero-order valence-corrected chi connectivity index (χ0v) is 8.51. The van der Waals surface area contributed by atoms with Gasteiger partial charge in [-0.3, -0.25) is 0 Å². The van der Waals surface area contributed by atoms with Gasteiger partial charge in [0.05, 0.1) is 0 Å². The molecule has 0 aromatic rings. The Kier molecular flexibility index (Phi) is 6.45. The molecule has 0 heterocycles. The predicted molar refractivity (Wildman–Crippen MR) is 57.2 cm³/mol. The summed E-state index contributed by atoms with van der Waals surface area (Å²) in [7, 11) is 0. The first-order chi connectivity index (χ1) is 5.74. The molecular formula is C12H20. The van der Waals surface area contributed by atoms with E-state index in [1.807, 2.05) is 13.0 Å². The third-order valence-corrected chi connectivity index (χ3v) is 1.99. The molecule has 0 rings (SSSR count). The van der Waals surface area contributed by atoms with Crippen LogP contribution in [0.3, 0.4) is 0 Å². The minimum Gasteiger partial charge on any atom is -0.0991 e. The molecule has 0 saturated carbocycles. The monoisotopic (exact) mass is 164 g/mol. The zero-order chi connectivity index (χ0) is 9.40. The van der Waals surface area contributed by atoms with Crippen molar-refractivity contribution in [3.05, 3.63) is 36.5 Å². The summed E-state index contributed by atoms with van der Waals surface area (Å²) in [6.07, 6.45) is 10.6. The highest BCUT2D eigenvalue weighted by atomic mass is 14.0. The van der Waals surface area contributed by atoms with E-state index >= 15 is 0 Å². The van der Waals surface area contributed by atoms with E-state index in [0.29, 0.717) is 0 Å². The molecule has 0 unspecified atom stereocenters. The summed E-state index contributed by atoms with van der Waals surface area (Å²) in [5.41, 5.74) is 1.38. The van der Waals surface area contributed by atoms with E-state index in [2.05, 4.69) is 38.7 Å². The van der Waals surface area contributed by atoms with Crippen molar-refractivity contribution in [2.24, 2.45) is 5.92 Å². The summed E-state index contributed by atoms with van der Waals surface area (Å²) in [6, 6.07) is 0. The van der Waals surface area contributed by atoms with E-state index in [-0.39, 0.29) is 0 Å². The highest BCUT2D eigenvalue weighted by Crippen LogP contribution is 2.15. The van der Waals surface area contributed by atoms with E-state index in [9.17, 15) is 0 Å². The Morgan fingerprint density at radius 2 is 2.17 bits per heavy atom. The Morgan fingerprint density at radius 3 is 2.58 bits per heavy atom. The fraction of sp³-hybridized carbons (Fsp3) is 0.500. The van der Waals surface area contributed by atoms with Crippen LogP contribution in [0.1, 0.15) is 33.6 Å². The maximum absolute atomic E-state index is 3.71. The molecule has 0 aromatic heterocycles. The van der Waals surface area contributed by atoms with Gasteiger partial charge < -0.3 is 0 Å². The molecule has 0 saturated heterocycles. The molecule has 0 aliphatic heterocycles. The highest BCUT2D eigenvalue weighted by Gasteiger charge is 1.99. The lowest BCUT2D eigenvalue weighted by Crippen LogP contribution is -1.92. The van der Waals surface area contributed by atoms with Crippen LogP contribution in [0.25, 0.3) is 0 Å². The molecule has 12 heavy (non-hydrogen) atoms. The van der Waals surface area contributed by atoms with E-state index in [1.165, 1.54) is 12.0 Å². The van der Waals surface area contributed by atoms with Crippen LogP contribution in [-0.4, -0.2) is 0 Å². The molecule has 0 spiro atoms. The largest absolute Gasteiger partial charge is 0.0991 e. The first kappa shape index (κ1) is 11.2. The molecule has 0 aliphatic carbocycles. The quantitative estimate of drug-likeness (QED) is 0.536. The van der Waals surface area contributed by atoms with Gasteiger partial charge in [-0.25, -0.2) is 0 Å². The molecule has 0 amide bonds. The summed E-state index contributed by atoms with van der Waals surface area (Å²) in [5.74, 6) is 0.771. The Bertz CT molecular complexity index is 172. The molecule has 0 aromatic carbocycles. The summed E-state index contributed by atoms with van der Waals surface area (Å²) in [4.78, 5) is 0. The van der Waals surface area contributed by atoms with Crippen molar-refractivity contribution in [1.82, 2.24) is 0 Å². The molecular weight excluding hydrogens is 144 g/mol. The minimum absolute atomic E-state index is 0.771. The van der Waals surface area contributed by atoms with Crippen molar-refractivity contribution < 1.29 is 0 Å². The third-order valence-electron chi connectivity index (χ3n) is 1.99. The Hall–Kier alpha value is -0.780. The molecule has 1 atom stereocenters. The maximum Gasteiger partial charge on any atom is -0.0253 e. The number of hydrogen-bond donors (Lipinski definition) is 0. The smallest absolute Gasteiger partial charge is 0.0253 e. The Labute approximate surface area is 76.7 Å². The van der Waals surface area contributed by atoms with Crippen LogP contribution in [0.2, 0.25) is 0 Å². The standard InChI is InChI=1S/C12H20/c1-5-8-12(9-6-2)10-11(4)7-3/h5-6,8-9,11H,1,7,10H2,2-4H3/b9-6-,12-8+/t11-/m0/s1. The highest BCUT2D eigenvalue weighted by molar-refractivity contribution is 5.22. The van der Waals surface area contributed by atoms with E-state index in [4.69, 9.17) is 0 Å². The van der Waals surface area contributed by atoms with Crippen molar-refractivity contribution in [2.75, 3.05) is 0 Å². The van der Waals surface area contributed by atoms with Gasteiger partial charge >= 0.3 is 0 Å². The SMILES string of the molecule is C=C/C=C(\C=C/C)C[C@@H](C)CC. The predicted octanol–water partition coefficient (Wildman–Crippen LogP) is 4.11. The van der Waals surface area contributed by atoms with Crippen molar-refractivity contribution in [2.45, 2.75) is 33.6 Å². The van der Waals surface area contributed by atoms with Crippen LogP contribution in [0.4, 0.5) is 0 Å². The van der Waals surface area contributed by atoms with Crippen LogP contribution in [0.15, 0.2) is 36.5 Å². The average Bonchev–Trinajstić information content (AvgIpc) is 2.05. The molecule has 0 nitrogen and oxygen atoms in total. The summed E-state index contributed by atoms with van der Waals surface area (Å²) in [6.45, 7) is 10.3. The fourth-order valence-electron chi connectivity index (χ4n) is 1.10. The second-order valence-corrected chi connectivity index (χ2v) is 3.19. The van der Waals surface area contributed by atoms with Crippen molar-refractivity contribution in [3.8, 4) is 0 Å². The van der Waals surface area contributed by atoms with Crippen molar-refractivity contribution in [3.63, 3.8) is 0 Å². The molecule has 0 N–H and O–H groups in total. The van der Waals surface area contributed by atoms with Crippen LogP contribution in [0, 0.1) is 5.92 Å². The summed E-state index contributed by atoms with van der Waals surface area (Å²) in [5, 5.41) is 0. The maximum atomic E-state index is 3.71. The van der Waals surface area contributed by atoms with Gasteiger partial charge in [0.15, 0.2) is 0 Å². The van der Waals surface area contributed by atoms with Gasteiger partial charge in [-0.1, -0.05) is 51.2 Å². The minimum atomic E-state index is 0.771. The Balaban J connectivity index is 4.13. The molecule has 0 heteroatoms. The average molecular weight is 164 g/mol. The summed E-state index contributed by atoms with van der Waals surface area (Å²) >= 11 is 0. The topological polar surface area (TPSA) is 0 Å². The van der Waals surface area contributed by atoms with Gasteiger partial charge in [-0.15, -0.1) is 0 Å². The third kappa shape index (κ3) is 4.95. The fourth-order valence-corrected chi connectivity index (χ4v) is 1.10. The van der Waals surface area contributed by atoms with Crippen LogP contribution < -0.4 is 0 Å². The second kappa shape index (κ2) is 6.90. The van der Waals surface area contributed by atoms with E-state index in [0.717, 1.165) is 12.3 Å². The van der Waals surface area contributed by atoms with Crippen molar-refractivity contribution in [1.29, 1.82) is 0 Å². The van der Waals surface area contributed by atoms with Gasteiger partial charge in [-0.05, 0) is 24.8 Å². The van der Waals surface area contributed by atoms with E-state index in [1.54, 1.807) is 0 Å². The normalized spacial score (nSPS) is 15.1. The van der Waals surface area contributed by atoms with E-state index < -0.39 is 0 Å². The first-order valence-corrected chi connectivity index (χ1v) is 4.68. The number of hydrogen-bond acceptors (Lipinski definition) is 0. The van der Waals surface area contributed by atoms with Gasteiger partial charge in [0.1, 0.15) is 0 Å². The van der Waals surface area contributed by atoms with Crippen LogP contribution in [0.5, 0.6) is 0 Å². The summed E-state index contributed by atoms with van der Waals surface area (Å²) < 4.78 is 0. The van der Waals surface area contributed by atoms with Gasteiger partial charge in [0.25, 0.3) is 0 Å². The Morgan fingerprint density at radius 1 is 1.50 bits per heavy atom. The van der Waals surface area contributed by atoms with Crippen LogP contribution in [-0.2, 0) is 0 Å². The lowest BCUT2D eigenvalue weighted by molar-refractivity contribution is 0.562. The van der Waals surface area contributed by atoms with Crippen LogP contribution >= 0.6 is 0 Å². The van der Waals surface area contributed by atoms with Gasteiger partial charge in [-0.2, -0.15) is 0 Å². The second-order valence-electron chi connectivity index (χ2n) is 3.19. The van der Waals surface area contributed by atoms with Gasteiger partial charge in [0, 0.05) is 0 Å². The zero-order valence-electron chi connectivity index (χ0n) is 8.51. The molecule has 68 valence electrons. The molecule has 0 bridgehead atoms. The first-order valence-electron chi connectivity index (χ1n) is 4.68. The molecule has 0 aliphatic rings. The number of allylic oxidation sites excluding steroid dienone is 5. The lowest BCUT2D eigenvalue weighted by atomic mass is 9.98. The molecule has 0 radical (unpaired) electrons. The molecule has 0 fully saturated rings. The van der Waals surface area contributed by atoms with Crippen molar-refractivity contribution >= 4 is 0 Å². The van der Waals surface area contributed by atoms with Gasteiger partial charge in [0.2, 0.25) is 0 Å². The number of rotatable bonds is 5. The lowest BCUT2D eigenvalue weighted by Gasteiger charge is -2.08.